The van der Waals surface area contributed by atoms with Crippen LogP contribution in [-0.4, -0.2) is 55.8 Å². The van der Waals surface area contributed by atoms with Crippen LogP contribution in [0.4, 0.5) is 0 Å². The first kappa shape index (κ1) is 18.9. The summed E-state index contributed by atoms with van der Waals surface area (Å²) in [6.45, 7) is 1.06. The standard InChI is InChI=1S/C21H24N2O4S/c24-20(22-17-10-13-28(26,27)14-17)16-8-11-23(12-9-16)21(25)19-7-3-5-15-4-1-2-6-18(15)19/h1-7,16-17H,8-14H2,(H,22,24)/t17-/m1/s1. The molecule has 2 aliphatic rings. The molecular formula is C21H24N2O4S. The maximum absolute atomic E-state index is 13.0. The summed E-state index contributed by atoms with van der Waals surface area (Å²) in [6, 6.07) is 13.3. The Bertz CT molecular complexity index is 1000. The highest BCUT2D eigenvalue weighted by Gasteiger charge is 2.33. The molecule has 0 radical (unpaired) electrons. The smallest absolute Gasteiger partial charge is 0.254 e. The first-order chi connectivity index (χ1) is 13.4. The maximum atomic E-state index is 13.0. The summed E-state index contributed by atoms with van der Waals surface area (Å²) in [5.41, 5.74) is 0.692. The van der Waals surface area contributed by atoms with E-state index in [1.54, 1.807) is 0 Å². The van der Waals surface area contributed by atoms with E-state index in [2.05, 4.69) is 5.32 Å². The number of hydrogen-bond donors (Lipinski definition) is 1. The zero-order valence-electron chi connectivity index (χ0n) is 15.6. The lowest BCUT2D eigenvalue weighted by molar-refractivity contribution is -0.126. The zero-order chi connectivity index (χ0) is 19.7. The molecular weight excluding hydrogens is 376 g/mol. The normalized spacial score (nSPS) is 22.3. The van der Waals surface area contributed by atoms with Crippen LogP contribution in [0.15, 0.2) is 42.5 Å². The minimum atomic E-state index is -3.01. The molecule has 0 aromatic heterocycles. The number of carbonyl (C=O) groups excluding carboxylic acids is 2. The first-order valence-corrected chi connectivity index (χ1v) is 11.5. The van der Waals surface area contributed by atoms with Crippen molar-refractivity contribution < 1.29 is 18.0 Å². The summed E-state index contributed by atoms with van der Waals surface area (Å²) in [5.74, 6) is -0.0654. The zero-order valence-corrected chi connectivity index (χ0v) is 16.5. The SMILES string of the molecule is O=C(N[C@@H]1CCS(=O)(=O)C1)C1CCN(C(=O)c2cccc3ccccc23)CC1. The second-order valence-corrected chi connectivity index (χ2v) is 9.93. The monoisotopic (exact) mass is 400 g/mol. The summed E-state index contributed by atoms with van der Waals surface area (Å²) in [6.07, 6.45) is 1.69. The highest BCUT2D eigenvalue weighted by Crippen LogP contribution is 2.24. The van der Waals surface area contributed by atoms with Gasteiger partial charge < -0.3 is 10.2 Å². The van der Waals surface area contributed by atoms with Gasteiger partial charge in [-0.1, -0.05) is 36.4 Å². The van der Waals surface area contributed by atoms with E-state index in [1.807, 2.05) is 47.4 Å². The number of sulfone groups is 1. The van der Waals surface area contributed by atoms with Crippen LogP contribution in [0.2, 0.25) is 0 Å². The average molecular weight is 401 g/mol. The van der Waals surface area contributed by atoms with E-state index in [4.69, 9.17) is 0 Å². The van der Waals surface area contributed by atoms with Crippen LogP contribution in [0, 0.1) is 5.92 Å². The number of amides is 2. The summed E-state index contributed by atoms with van der Waals surface area (Å²) in [5, 5.41) is 4.86. The van der Waals surface area contributed by atoms with Gasteiger partial charge in [0.1, 0.15) is 0 Å². The number of nitrogens with zero attached hydrogens (tertiary/aromatic N) is 1. The molecule has 4 rings (SSSR count). The van der Waals surface area contributed by atoms with Crippen molar-refractivity contribution in [1.82, 2.24) is 10.2 Å². The highest BCUT2D eigenvalue weighted by molar-refractivity contribution is 7.91. The van der Waals surface area contributed by atoms with E-state index >= 15 is 0 Å². The molecule has 2 amide bonds. The molecule has 7 heteroatoms. The fraction of sp³-hybridized carbons (Fsp3) is 0.429. The van der Waals surface area contributed by atoms with Gasteiger partial charge in [0.2, 0.25) is 5.91 Å². The van der Waals surface area contributed by atoms with Gasteiger partial charge in [-0.3, -0.25) is 9.59 Å². The van der Waals surface area contributed by atoms with Crippen LogP contribution in [0.3, 0.4) is 0 Å². The Kier molecular flexibility index (Phi) is 5.10. The van der Waals surface area contributed by atoms with Gasteiger partial charge >= 0.3 is 0 Å². The fourth-order valence-electron chi connectivity index (χ4n) is 4.15. The number of carbonyl (C=O) groups is 2. The van der Waals surface area contributed by atoms with Gasteiger partial charge in [0.15, 0.2) is 9.84 Å². The Labute approximate surface area is 164 Å². The molecule has 1 N–H and O–H groups in total. The lowest BCUT2D eigenvalue weighted by Gasteiger charge is -2.32. The average Bonchev–Trinajstić information content (AvgIpc) is 3.05. The van der Waals surface area contributed by atoms with Crippen molar-refractivity contribution in [3.63, 3.8) is 0 Å². The van der Waals surface area contributed by atoms with E-state index in [-0.39, 0.29) is 35.3 Å². The quantitative estimate of drug-likeness (QED) is 0.854. The third-order valence-electron chi connectivity index (χ3n) is 5.75. The molecule has 2 fully saturated rings. The van der Waals surface area contributed by atoms with E-state index in [0.717, 1.165) is 10.8 Å². The van der Waals surface area contributed by atoms with Crippen molar-refractivity contribution in [3.8, 4) is 0 Å². The van der Waals surface area contributed by atoms with Crippen molar-refractivity contribution in [1.29, 1.82) is 0 Å². The molecule has 0 unspecified atom stereocenters. The Hall–Kier alpha value is -2.41. The van der Waals surface area contributed by atoms with Crippen LogP contribution >= 0.6 is 0 Å². The van der Waals surface area contributed by atoms with Gasteiger partial charge in [0.05, 0.1) is 11.5 Å². The van der Waals surface area contributed by atoms with E-state index in [9.17, 15) is 18.0 Å². The first-order valence-electron chi connectivity index (χ1n) is 9.71. The molecule has 28 heavy (non-hydrogen) atoms. The van der Waals surface area contributed by atoms with E-state index in [0.29, 0.717) is 37.9 Å². The minimum Gasteiger partial charge on any atom is -0.352 e. The molecule has 0 saturated carbocycles. The third kappa shape index (κ3) is 3.90. The Morgan fingerprint density at radius 1 is 0.964 bits per heavy atom. The van der Waals surface area contributed by atoms with Gasteiger partial charge in [0, 0.05) is 30.6 Å². The predicted molar refractivity (Wildman–Crippen MR) is 108 cm³/mol. The molecule has 148 valence electrons. The van der Waals surface area contributed by atoms with Crippen LogP contribution in [0.5, 0.6) is 0 Å². The lowest BCUT2D eigenvalue weighted by Crippen LogP contribution is -2.45. The molecule has 0 bridgehead atoms. The lowest BCUT2D eigenvalue weighted by atomic mass is 9.94. The maximum Gasteiger partial charge on any atom is 0.254 e. The molecule has 2 aliphatic heterocycles. The van der Waals surface area contributed by atoms with Crippen LogP contribution in [-0.2, 0) is 14.6 Å². The number of likely N-dealkylation sites (tertiary alicyclic amines) is 1. The van der Waals surface area contributed by atoms with Crippen LogP contribution in [0.25, 0.3) is 10.8 Å². The second-order valence-electron chi connectivity index (χ2n) is 7.70. The number of fused-ring (bicyclic) bond motifs is 1. The van der Waals surface area contributed by atoms with Gasteiger partial charge in [-0.05, 0) is 36.1 Å². The Morgan fingerprint density at radius 2 is 1.68 bits per heavy atom. The van der Waals surface area contributed by atoms with Gasteiger partial charge in [-0.15, -0.1) is 0 Å². The van der Waals surface area contributed by atoms with Crippen molar-refractivity contribution in [2.24, 2.45) is 5.92 Å². The molecule has 6 nitrogen and oxygen atoms in total. The second kappa shape index (κ2) is 7.54. The van der Waals surface area contributed by atoms with Gasteiger partial charge in [-0.25, -0.2) is 8.42 Å². The molecule has 2 heterocycles. The molecule has 2 aromatic carbocycles. The summed E-state index contributed by atoms with van der Waals surface area (Å²) >= 11 is 0. The highest BCUT2D eigenvalue weighted by atomic mass is 32.2. The fourth-order valence-corrected chi connectivity index (χ4v) is 5.83. The molecule has 2 saturated heterocycles. The Morgan fingerprint density at radius 3 is 2.39 bits per heavy atom. The van der Waals surface area contributed by atoms with Crippen molar-refractivity contribution in [2.45, 2.75) is 25.3 Å². The molecule has 1 atom stereocenters. The van der Waals surface area contributed by atoms with Gasteiger partial charge in [-0.2, -0.15) is 0 Å². The summed E-state index contributed by atoms with van der Waals surface area (Å²) < 4.78 is 23.1. The number of piperidine rings is 1. The van der Waals surface area contributed by atoms with Crippen molar-refractivity contribution in [3.05, 3.63) is 48.0 Å². The van der Waals surface area contributed by atoms with E-state index < -0.39 is 9.84 Å². The van der Waals surface area contributed by atoms with Gasteiger partial charge in [0.25, 0.3) is 5.91 Å². The topological polar surface area (TPSA) is 83.6 Å². The summed E-state index contributed by atoms with van der Waals surface area (Å²) in [7, 11) is -3.01. The largest absolute Gasteiger partial charge is 0.352 e. The van der Waals surface area contributed by atoms with Crippen molar-refractivity contribution >= 4 is 32.4 Å². The molecule has 0 spiro atoms. The third-order valence-corrected chi connectivity index (χ3v) is 7.52. The van der Waals surface area contributed by atoms with Crippen LogP contribution < -0.4 is 5.32 Å². The predicted octanol–water partition coefficient (Wildman–Crippen LogP) is 2.00. The number of benzene rings is 2. The summed E-state index contributed by atoms with van der Waals surface area (Å²) in [4.78, 5) is 27.3. The van der Waals surface area contributed by atoms with E-state index in [1.165, 1.54) is 0 Å². The van der Waals surface area contributed by atoms with Crippen LogP contribution in [0.1, 0.15) is 29.6 Å². The molecule has 0 aliphatic carbocycles. The number of hydrogen-bond acceptors (Lipinski definition) is 4. The number of rotatable bonds is 3. The number of nitrogens with one attached hydrogen (secondary N) is 1. The molecule has 2 aromatic rings. The van der Waals surface area contributed by atoms with Crippen molar-refractivity contribution in [2.75, 3.05) is 24.6 Å². The Balaban J connectivity index is 1.37. The minimum absolute atomic E-state index is 0.00227.